The third-order valence-corrected chi connectivity index (χ3v) is 3.41. The summed E-state index contributed by atoms with van der Waals surface area (Å²) in [6.07, 6.45) is 0.459. The van der Waals surface area contributed by atoms with E-state index < -0.39 is 5.91 Å². The van der Waals surface area contributed by atoms with Crippen LogP contribution in [0.5, 0.6) is 0 Å². The first-order chi connectivity index (χ1) is 8.99. The Balaban J connectivity index is 2.16. The van der Waals surface area contributed by atoms with Crippen molar-refractivity contribution in [2.45, 2.75) is 26.8 Å². The molecule has 0 saturated heterocycles. The van der Waals surface area contributed by atoms with Crippen molar-refractivity contribution < 1.29 is 9.59 Å². The Kier molecular flexibility index (Phi) is 6.52. The second kappa shape index (κ2) is 7.91. The van der Waals surface area contributed by atoms with Crippen LogP contribution in [0.15, 0.2) is 11.4 Å². The SMILES string of the molecule is CC(C)CNC(=O)CCNCc1cc(C(N)=O)cs1. The largest absolute Gasteiger partial charge is 0.366 e. The van der Waals surface area contributed by atoms with Crippen LogP contribution in [0.4, 0.5) is 0 Å². The van der Waals surface area contributed by atoms with E-state index in [9.17, 15) is 9.59 Å². The van der Waals surface area contributed by atoms with Gasteiger partial charge in [0, 0.05) is 36.3 Å². The molecule has 0 atom stereocenters. The van der Waals surface area contributed by atoms with Gasteiger partial charge >= 0.3 is 0 Å². The van der Waals surface area contributed by atoms with E-state index in [1.807, 2.05) is 0 Å². The summed E-state index contributed by atoms with van der Waals surface area (Å²) in [6, 6.07) is 1.78. The molecule has 0 spiro atoms. The molecule has 0 bridgehead atoms. The predicted molar refractivity (Wildman–Crippen MR) is 77.0 cm³/mol. The lowest BCUT2D eigenvalue weighted by molar-refractivity contribution is -0.121. The molecule has 0 fully saturated rings. The maximum atomic E-state index is 11.4. The number of hydrogen-bond acceptors (Lipinski definition) is 4. The standard InChI is InChI=1S/C13H21N3O2S/c1-9(2)6-16-12(17)3-4-15-7-11-5-10(8-19-11)13(14)18/h5,8-9,15H,3-4,6-7H2,1-2H3,(H2,14,18)(H,16,17). The van der Waals surface area contributed by atoms with Crippen LogP contribution in [0, 0.1) is 5.92 Å². The zero-order chi connectivity index (χ0) is 14.3. The Labute approximate surface area is 117 Å². The van der Waals surface area contributed by atoms with Crippen molar-refractivity contribution in [1.82, 2.24) is 10.6 Å². The first-order valence-corrected chi connectivity index (χ1v) is 7.21. The van der Waals surface area contributed by atoms with Crippen molar-refractivity contribution in [3.63, 3.8) is 0 Å². The summed E-state index contributed by atoms with van der Waals surface area (Å²) in [6.45, 7) is 6.10. The van der Waals surface area contributed by atoms with E-state index in [0.717, 1.165) is 4.88 Å². The maximum absolute atomic E-state index is 11.4. The molecular formula is C13H21N3O2S. The van der Waals surface area contributed by atoms with E-state index in [1.54, 1.807) is 11.4 Å². The predicted octanol–water partition coefficient (Wildman–Crippen LogP) is 1.10. The van der Waals surface area contributed by atoms with Gasteiger partial charge in [-0.2, -0.15) is 0 Å². The average molecular weight is 283 g/mol. The summed E-state index contributed by atoms with van der Waals surface area (Å²) >= 11 is 1.49. The Morgan fingerprint density at radius 2 is 2.16 bits per heavy atom. The van der Waals surface area contributed by atoms with Gasteiger partial charge in [-0.1, -0.05) is 13.8 Å². The van der Waals surface area contributed by atoms with Gasteiger partial charge in [-0.15, -0.1) is 11.3 Å². The molecule has 0 radical (unpaired) electrons. The van der Waals surface area contributed by atoms with Crippen molar-refractivity contribution in [2.75, 3.05) is 13.1 Å². The highest BCUT2D eigenvalue weighted by molar-refractivity contribution is 7.10. The molecule has 106 valence electrons. The molecular weight excluding hydrogens is 262 g/mol. The quantitative estimate of drug-likeness (QED) is 0.625. The second-order valence-corrected chi connectivity index (χ2v) is 5.79. The third-order valence-electron chi connectivity index (χ3n) is 2.47. The van der Waals surface area contributed by atoms with Crippen molar-refractivity contribution in [3.8, 4) is 0 Å². The minimum atomic E-state index is -0.407. The summed E-state index contributed by atoms with van der Waals surface area (Å²) in [5.41, 5.74) is 5.71. The van der Waals surface area contributed by atoms with Crippen LogP contribution in [-0.2, 0) is 11.3 Å². The average Bonchev–Trinajstić information content (AvgIpc) is 2.81. The first kappa shape index (κ1) is 15.7. The van der Waals surface area contributed by atoms with Crippen LogP contribution in [0.3, 0.4) is 0 Å². The van der Waals surface area contributed by atoms with Gasteiger partial charge in [0.15, 0.2) is 0 Å². The van der Waals surface area contributed by atoms with Gasteiger partial charge in [0.05, 0.1) is 5.56 Å². The van der Waals surface area contributed by atoms with Crippen LogP contribution in [-0.4, -0.2) is 24.9 Å². The smallest absolute Gasteiger partial charge is 0.249 e. The van der Waals surface area contributed by atoms with E-state index in [2.05, 4.69) is 24.5 Å². The van der Waals surface area contributed by atoms with Gasteiger partial charge in [0.1, 0.15) is 0 Å². The van der Waals surface area contributed by atoms with Crippen molar-refractivity contribution in [3.05, 3.63) is 21.9 Å². The number of primary amides is 1. The van der Waals surface area contributed by atoms with Gasteiger partial charge in [0.25, 0.3) is 0 Å². The number of nitrogens with one attached hydrogen (secondary N) is 2. The van der Waals surface area contributed by atoms with Gasteiger partial charge < -0.3 is 16.4 Å². The molecule has 1 aromatic rings. The number of amides is 2. The van der Waals surface area contributed by atoms with Gasteiger partial charge in [-0.05, 0) is 12.0 Å². The molecule has 5 nitrogen and oxygen atoms in total. The fourth-order valence-corrected chi connectivity index (χ4v) is 2.27. The highest BCUT2D eigenvalue weighted by Crippen LogP contribution is 2.13. The van der Waals surface area contributed by atoms with Crippen molar-refractivity contribution in [1.29, 1.82) is 0 Å². The highest BCUT2D eigenvalue weighted by atomic mass is 32.1. The molecule has 0 aliphatic rings. The third kappa shape index (κ3) is 6.35. The first-order valence-electron chi connectivity index (χ1n) is 6.33. The molecule has 19 heavy (non-hydrogen) atoms. The fourth-order valence-electron chi connectivity index (χ4n) is 1.42. The monoisotopic (exact) mass is 283 g/mol. The number of rotatable bonds is 8. The lowest BCUT2D eigenvalue weighted by Gasteiger charge is -2.07. The van der Waals surface area contributed by atoms with E-state index in [0.29, 0.717) is 37.5 Å². The van der Waals surface area contributed by atoms with Crippen molar-refractivity contribution in [2.24, 2.45) is 11.7 Å². The zero-order valence-corrected chi connectivity index (χ0v) is 12.2. The molecule has 0 aliphatic carbocycles. The Bertz CT molecular complexity index is 429. The lowest BCUT2D eigenvalue weighted by atomic mass is 10.2. The molecule has 4 N–H and O–H groups in total. The Morgan fingerprint density at radius 3 is 2.74 bits per heavy atom. The molecule has 2 amide bonds. The van der Waals surface area contributed by atoms with Gasteiger partial charge in [0.2, 0.25) is 11.8 Å². The topological polar surface area (TPSA) is 84.2 Å². The zero-order valence-electron chi connectivity index (χ0n) is 11.4. The molecule has 1 heterocycles. The normalized spacial score (nSPS) is 10.7. The lowest BCUT2D eigenvalue weighted by Crippen LogP contribution is -2.30. The van der Waals surface area contributed by atoms with E-state index in [1.165, 1.54) is 11.3 Å². The molecule has 1 aromatic heterocycles. The summed E-state index contributed by atoms with van der Waals surface area (Å²) in [5.74, 6) is 0.121. The second-order valence-electron chi connectivity index (χ2n) is 4.79. The van der Waals surface area contributed by atoms with Crippen LogP contribution in [0.2, 0.25) is 0 Å². The number of thiophene rings is 1. The minimum absolute atomic E-state index is 0.0604. The molecule has 0 unspecified atom stereocenters. The number of hydrogen-bond donors (Lipinski definition) is 3. The molecule has 0 saturated carbocycles. The maximum Gasteiger partial charge on any atom is 0.249 e. The molecule has 1 rings (SSSR count). The summed E-state index contributed by atoms with van der Waals surface area (Å²) < 4.78 is 0. The van der Waals surface area contributed by atoms with Crippen LogP contribution in [0.1, 0.15) is 35.5 Å². The van der Waals surface area contributed by atoms with Crippen LogP contribution in [0.25, 0.3) is 0 Å². The summed E-state index contributed by atoms with van der Waals surface area (Å²) in [5, 5.41) is 7.78. The number of carbonyl (C=O) groups excluding carboxylic acids is 2. The molecule has 0 aliphatic heterocycles. The van der Waals surface area contributed by atoms with Crippen molar-refractivity contribution >= 4 is 23.2 Å². The van der Waals surface area contributed by atoms with E-state index >= 15 is 0 Å². The van der Waals surface area contributed by atoms with E-state index in [4.69, 9.17) is 5.73 Å². The summed E-state index contributed by atoms with van der Waals surface area (Å²) in [4.78, 5) is 23.4. The van der Waals surface area contributed by atoms with Crippen LogP contribution >= 0.6 is 11.3 Å². The highest BCUT2D eigenvalue weighted by Gasteiger charge is 2.05. The fraction of sp³-hybridized carbons (Fsp3) is 0.538. The minimum Gasteiger partial charge on any atom is -0.366 e. The van der Waals surface area contributed by atoms with Gasteiger partial charge in [-0.3, -0.25) is 9.59 Å². The Hall–Kier alpha value is -1.40. The Morgan fingerprint density at radius 1 is 1.42 bits per heavy atom. The van der Waals surface area contributed by atoms with Gasteiger partial charge in [-0.25, -0.2) is 0 Å². The van der Waals surface area contributed by atoms with Crippen LogP contribution < -0.4 is 16.4 Å². The van der Waals surface area contributed by atoms with E-state index in [-0.39, 0.29) is 5.91 Å². The summed E-state index contributed by atoms with van der Waals surface area (Å²) in [7, 11) is 0. The number of nitrogens with two attached hydrogens (primary N) is 1. The molecule has 0 aromatic carbocycles. The number of carbonyl (C=O) groups is 2. The molecule has 6 heteroatoms.